The van der Waals surface area contributed by atoms with Crippen LogP contribution in [0.25, 0.3) is 0 Å². The van der Waals surface area contributed by atoms with Crippen LogP contribution in [0.2, 0.25) is 0 Å². The van der Waals surface area contributed by atoms with Crippen molar-refractivity contribution in [2.75, 3.05) is 31.5 Å². The maximum Gasteiger partial charge on any atom is 0.322 e. The highest BCUT2D eigenvalue weighted by Gasteiger charge is 2.29. The second-order valence-corrected chi connectivity index (χ2v) is 4.81. The van der Waals surface area contributed by atoms with Crippen LogP contribution in [-0.2, 0) is 9.59 Å². The fraction of sp³-hybridized carbons (Fsp3) is 0.500. The third-order valence-corrected chi connectivity index (χ3v) is 3.35. The van der Waals surface area contributed by atoms with Gasteiger partial charge in [-0.1, -0.05) is 0 Å². The Morgan fingerprint density at radius 1 is 1.67 bits per heavy atom. The van der Waals surface area contributed by atoms with Crippen molar-refractivity contribution in [3.05, 3.63) is 11.6 Å². The number of anilines is 1. The molecule has 2 rings (SSSR count). The van der Waals surface area contributed by atoms with Gasteiger partial charge in [-0.05, 0) is 0 Å². The molecule has 18 heavy (non-hydrogen) atoms. The molecule has 0 radical (unpaired) electrons. The van der Waals surface area contributed by atoms with E-state index < -0.39 is 12.0 Å². The molecular formula is C10H14N4O3S. The number of hydrogen-bond donors (Lipinski definition) is 3. The fourth-order valence-corrected chi connectivity index (χ4v) is 2.35. The average molecular weight is 270 g/mol. The highest BCUT2D eigenvalue weighted by Crippen LogP contribution is 2.10. The van der Waals surface area contributed by atoms with Crippen LogP contribution < -0.4 is 10.6 Å². The average Bonchev–Trinajstić information content (AvgIpc) is 2.82. The maximum absolute atomic E-state index is 11.7. The van der Waals surface area contributed by atoms with Crippen molar-refractivity contribution in [2.24, 2.45) is 0 Å². The lowest BCUT2D eigenvalue weighted by atomic mass is 10.2. The number of thiazole rings is 1. The van der Waals surface area contributed by atoms with Gasteiger partial charge in [0.05, 0.1) is 6.54 Å². The number of carbonyl (C=O) groups excluding carboxylic acids is 1. The lowest BCUT2D eigenvalue weighted by Crippen LogP contribution is -2.56. The molecule has 3 N–H and O–H groups in total. The van der Waals surface area contributed by atoms with E-state index in [1.807, 2.05) is 0 Å². The summed E-state index contributed by atoms with van der Waals surface area (Å²) >= 11 is 1.33. The first-order valence-corrected chi connectivity index (χ1v) is 6.41. The van der Waals surface area contributed by atoms with Crippen molar-refractivity contribution >= 4 is 28.3 Å². The van der Waals surface area contributed by atoms with Gasteiger partial charge in [0.1, 0.15) is 6.04 Å². The maximum atomic E-state index is 11.7. The molecule has 1 amide bonds. The van der Waals surface area contributed by atoms with Crippen LogP contribution in [0.3, 0.4) is 0 Å². The van der Waals surface area contributed by atoms with Crippen molar-refractivity contribution in [3.8, 4) is 0 Å². The molecular weight excluding hydrogens is 256 g/mol. The molecule has 1 unspecified atom stereocenters. The molecule has 8 heteroatoms. The summed E-state index contributed by atoms with van der Waals surface area (Å²) in [6.07, 6.45) is 1.60. The zero-order chi connectivity index (χ0) is 13.0. The predicted molar refractivity (Wildman–Crippen MR) is 66.6 cm³/mol. The van der Waals surface area contributed by atoms with Crippen LogP contribution in [0.4, 0.5) is 5.13 Å². The summed E-state index contributed by atoms with van der Waals surface area (Å²) < 4.78 is 0. The first-order valence-electron chi connectivity index (χ1n) is 5.54. The van der Waals surface area contributed by atoms with E-state index in [1.54, 1.807) is 16.5 Å². The number of aromatic nitrogens is 1. The molecule has 1 saturated heterocycles. The molecule has 0 spiro atoms. The molecule has 1 aliphatic rings. The van der Waals surface area contributed by atoms with Crippen molar-refractivity contribution in [3.63, 3.8) is 0 Å². The van der Waals surface area contributed by atoms with Crippen molar-refractivity contribution in [1.29, 1.82) is 0 Å². The number of rotatable bonds is 4. The van der Waals surface area contributed by atoms with Crippen LogP contribution in [0.1, 0.15) is 0 Å². The lowest BCUT2D eigenvalue weighted by molar-refractivity contribution is -0.144. The highest BCUT2D eigenvalue weighted by molar-refractivity contribution is 7.13. The van der Waals surface area contributed by atoms with Gasteiger partial charge in [0.25, 0.3) is 0 Å². The van der Waals surface area contributed by atoms with Gasteiger partial charge in [-0.15, -0.1) is 11.3 Å². The van der Waals surface area contributed by atoms with Gasteiger partial charge in [0, 0.05) is 31.2 Å². The van der Waals surface area contributed by atoms with Crippen LogP contribution >= 0.6 is 11.3 Å². The Bertz CT molecular complexity index is 423. The van der Waals surface area contributed by atoms with E-state index in [-0.39, 0.29) is 12.5 Å². The molecule has 0 aliphatic carbocycles. The van der Waals surface area contributed by atoms with Crippen molar-refractivity contribution in [2.45, 2.75) is 6.04 Å². The number of amides is 1. The molecule has 0 aromatic carbocycles. The van der Waals surface area contributed by atoms with Gasteiger partial charge in [-0.3, -0.25) is 14.5 Å². The molecule has 98 valence electrons. The number of carboxylic acid groups (broad SMARTS) is 1. The first kappa shape index (κ1) is 12.9. The predicted octanol–water partition coefficient (Wildman–Crippen LogP) is -0.560. The summed E-state index contributed by atoms with van der Waals surface area (Å²) in [7, 11) is 0. The van der Waals surface area contributed by atoms with E-state index in [9.17, 15) is 9.59 Å². The SMILES string of the molecule is O=C(CN1CCNCC1C(=O)O)Nc1nccs1. The van der Waals surface area contributed by atoms with Crippen LogP contribution in [0, 0.1) is 0 Å². The fourth-order valence-electron chi connectivity index (χ4n) is 1.81. The summed E-state index contributed by atoms with van der Waals surface area (Å²) in [6, 6.07) is -0.652. The quantitative estimate of drug-likeness (QED) is 0.679. The summed E-state index contributed by atoms with van der Waals surface area (Å²) in [5, 5.41) is 17.0. The number of hydrogen-bond acceptors (Lipinski definition) is 6. The molecule has 0 saturated carbocycles. The topological polar surface area (TPSA) is 94.6 Å². The van der Waals surface area contributed by atoms with E-state index in [2.05, 4.69) is 15.6 Å². The molecule has 1 aromatic rings. The van der Waals surface area contributed by atoms with Gasteiger partial charge >= 0.3 is 5.97 Å². The Hall–Kier alpha value is -1.51. The smallest absolute Gasteiger partial charge is 0.322 e. The molecule has 1 atom stereocenters. The number of nitrogens with zero attached hydrogens (tertiary/aromatic N) is 2. The summed E-state index contributed by atoms with van der Waals surface area (Å²) in [5.74, 6) is -1.15. The molecule has 7 nitrogen and oxygen atoms in total. The van der Waals surface area contributed by atoms with Gasteiger partial charge in [0.2, 0.25) is 5.91 Å². The van der Waals surface area contributed by atoms with Crippen LogP contribution in [0.15, 0.2) is 11.6 Å². The molecule has 1 fully saturated rings. The molecule has 1 aromatic heterocycles. The molecule has 0 bridgehead atoms. The Labute approximate surface area is 108 Å². The highest BCUT2D eigenvalue weighted by atomic mass is 32.1. The zero-order valence-corrected chi connectivity index (χ0v) is 10.4. The molecule has 1 aliphatic heterocycles. The summed E-state index contributed by atoms with van der Waals surface area (Å²) in [4.78, 5) is 28.4. The largest absolute Gasteiger partial charge is 0.480 e. The third kappa shape index (κ3) is 3.25. The second-order valence-electron chi connectivity index (χ2n) is 3.91. The summed E-state index contributed by atoms with van der Waals surface area (Å²) in [6.45, 7) is 1.66. The van der Waals surface area contributed by atoms with E-state index in [4.69, 9.17) is 5.11 Å². The van der Waals surface area contributed by atoms with Crippen molar-refractivity contribution < 1.29 is 14.7 Å². The minimum absolute atomic E-state index is 0.0677. The van der Waals surface area contributed by atoms with E-state index in [1.165, 1.54) is 11.3 Å². The van der Waals surface area contributed by atoms with Gasteiger partial charge in [0.15, 0.2) is 5.13 Å². The van der Waals surface area contributed by atoms with Crippen LogP contribution in [-0.4, -0.2) is 59.1 Å². The van der Waals surface area contributed by atoms with Crippen molar-refractivity contribution in [1.82, 2.24) is 15.2 Å². The Balaban J connectivity index is 1.90. The Kier molecular flexibility index (Phi) is 4.24. The van der Waals surface area contributed by atoms with E-state index >= 15 is 0 Å². The standard InChI is InChI=1S/C10H14N4O3S/c15-8(13-10-12-2-4-18-10)6-14-3-1-11-5-7(14)9(16)17/h2,4,7,11H,1,3,5-6H2,(H,16,17)(H,12,13,15). The Morgan fingerprint density at radius 2 is 2.50 bits per heavy atom. The number of carboxylic acids is 1. The lowest BCUT2D eigenvalue weighted by Gasteiger charge is -2.32. The Morgan fingerprint density at radius 3 is 3.17 bits per heavy atom. The minimum Gasteiger partial charge on any atom is -0.480 e. The number of aliphatic carboxylic acids is 1. The summed E-state index contributed by atoms with van der Waals surface area (Å²) in [5.41, 5.74) is 0. The van der Waals surface area contributed by atoms with Gasteiger partial charge in [-0.2, -0.15) is 0 Å². The number of piperazine rings is 1. The number of nitrogens with one attached hydrogen (secondary N) is 2. The van der Waals surface area contributed by atoms with E-state index in [0.29, 0.717) is 24.8 Å². The minimum atomic E-state index is -0.913. The normalized spacial score (nSPS) is 20.6. The van der Waals surface area contributed by atoms with Crippen LogP contribution in [0.5, 0.6) is 0 Å². The monoisotopic (exact) mass is 270 g/mol. The number of carbonyl (C=O) groups is 2. The van der Waals surface area contributed by atoms with Gasteiger partial charge < -0.3 is 15.7 Å². The van der Waals surface area contributed by atoms with E-state index in [0.717, 1.165) is 0 Å². The zero-order valence-electron chi connectivity index (χ0n) is 9.63. The third-order valence-electron chi connectivity index (χ3n) is 2.66. The van der Waals surface area contributed by atoms with Gasteiger partial charge in [-0.25, -0.2) is 4.98 Å². The first-order chi connectivity index (χ1) is 8.66. The molecule has 2 heterocycles. The second kappa shape index (κ2) is 5.89.